The van der Waals surface area contributed by atoms with Gasteiger partial charge in [-0.3, -0.25) is 30.7 Å². The SMILES string of the molecule is O=C(NNc1ncnc(NCc2ccc3c(c2)OCO3)c1[N+](=O)[O-])c1ccncc1. The first-order chi connectivity index (χ1) is 14.6. The summed E-state index contributed by atoms with van der Waals surface area (Å²) in [7, 11) is 0. The van der Waals surface area contributed by atoms with Crippen LogP contribution in [-0.4, -0.2) is 32.6 Å². The van der Waals surface area contributed by atoms with Crippen molar-refractivity contribution in [2.75, 3.05) is 17.5 Å². The number of nitrogens with zero attached hydrogens (tertiary/aromatic N) is 4. The third-order valence-electron chi connectivity index (χ3n) is 4.14. The molecule has 1 aliphatic rings. The van der Waals surface area contributed by atoms with E-state index >= 15 is 0 Å². The van der Waals surface area contributed by atoms with Gasteiger partial charge in [-0.2, -0.15) is 0 Å². The second-order valence-corrected chi connectivity index (χ2v) is 6.03. The quantitative estimate of drug-likeness (QED) is 0.389. The predicted molar refractivity (Wildman–Crippen MR) is 104 cm³/mol. The fourth-order valence-electron chi connectivity index (χ4n) is 2.70. The fourth-order valence-corrected chi connectivity index (χ4v) is 2.70. The molecular weight excluding hydrogens is 394 g/mol. The molecule has 0 atom stereocenters. The van der Waals surface area contributed by atoms with Crippen LogP contribution in [0.5, 0.6) is 11.5 Å². The van der Waals surface area contributed by atoms with Crippen LogP contribution in [0.25, 0.3) is 0 Å². The van der Waals surface area contributed by atoms with Crippen molar-refractivity contribution in [3.05, 3.63) is 70.3 Å². The summed E-state index contributed by atoms with van der Waals surface area (Å²) in [6.45, 7) is 0.404. The van der Waals surface area contributed by atoms with E-state index in [9.17, 15) is 14.9 Å². The Labute approximate surface area is 169 Å². The molecule has 1 aromatic carbocycles. The number of hydrazine groups is 1. The number of fused-ring (bicyclic) bond motifs is 1. The zero-order valence-corrected chi connectivity index (χ0v) is 15.4. The maximum absolute atomic E-state index is 12.1. The maximum Gasteiger partial charge on any atom is 0.354 e. The highest BCUT2D eigenvalue weighted by atomic mass is 16.7. The molecule has 1 amide bonds. The Bertz CT molecular complexity index is 1090. The lowest BCUT2D eigenvalue weighted by molar-refractivity contribution is -0.383. The number of hydrogen-bond acceptors (Lipinski definition) is 10. The average molecular weight is 409 g/mol. The minimum absolute atomic E-state index is 0.00618. The van der Waals surface area contributed by atoms with Crippen LogP contribution in [0, 0.1) is 10.1 Å². The Hall–Kier alpha value is -4.48. The van der Waals surface area contributed by atoms with Gasteiger partial charge in [-0.15, -0.1) is 0 Å². The number of pyridine rings is 1. The Morgan fingerprint density at radius 3 is 2.67 bits per heavy atom. The van der Waals surface area contributed by atoms with Crippen molar-refractivity contribution in [3.8, 4) is 11.5 Å². The van der Waals surface area contributed by atoms with Crippen LogP contribution in [0.1, 0.15) is 15.9 Å². The summed E-state index contributed by atoms with van der Waals surface area (Å²) in [5.74, 6) is 0.579. The molecule has 3 N–H and O–H groups in total. The molecule has 30 heavy (non-hydrogen) atoms. The molecular formula is C18H15N7O5. The summed E-state index contributed by atoms with van der Waals surface area (Å²) in [4.78, 5) is 34.7. The summed E-state index contributed by atoms with van der Waals surface area (Å²) < 4.78 is 10.6. The number of hydrogen-bond donors (Lipinski definition) is 3. The van der Waals surface area contributed by atoms with E-state index in [0.717, 1.165) is 11.9 Å². The number of carbonyl (C=O) groups excluding carboxylic acids is 1. The highest BCUT2D eigenvalue weighted by Gasteiger charge is 2.23. The van der Waals surface area contributed by atoms with Gasteiger partial charge in [-0.05, 0) is 29.8 Å². The first-order valence-electron chi connectivity index (χ1n) is 8.70. The van der Waals surface area contributed by atoms with Crippen molar-refractivity contribution in [2.24, 2.45) is 0 Å². The van der Waals surface area contributed by atoms with Gasteiger partial charge in [-0.1, -0.05) is 6.07 Å². The van der Waals surface area contributed by atoms with Gasteiger partial charge in [0.15, 0.2) is 11.5 Å². The van der Waals surface area contributed by atoms with Crippen LogP contribution in [0.3, 0.4) is 0 Å². The molecule has 0 spiro atoms. The number of carbonyl (C=O) groups is 1. The Morgan fingerprint density at radius 2 is 1.87 bits per heavy atom. The minimum Gasteiger partial charge on any atom is -0.454 e. The lowest BCUT2D eigenvalue weighted by atomic mass is 10.2. The molecule has 3 heterocycles. The van der Waals surface area contributed by atoms with Crippen LogP contribution in [0.2, 0.25) is 0 Å². The van der Waals surface area contributed by atoms with Crippen LogP contribution >= 0.6 is 0 Å². The zero-order valence-electron chi connectivity index (χ0n) is 15.4. The standard InChI is InChI=1S/C18H15N7O5/c26-18(12-3-5-19-6-4-12)24-23-17-15(25(27)28)16(21-9-22-17)20-8-11-1-2-13-14(7-11)30-10-29-13/h1-7,9H,8,10H2,(H,24,26)(H2,20,21,22,23). The largest absolute Gasteiger partial charge is 0.454 e. The summed E-state index contributed by atoms with van der Waals surface area (Å²) in [6, 6.07) is 8.35. The van der Waals surface area contributed by atoms with Crippen molar-refractivity contribution in [1.82, 2.24) is 20.4 Å². The van der Waals surface area contributed by atoms with E-state index in [1.165, 1.54) is 24.5 Å². The predicted octanol–water partition coefficient (Wildman–Crippen LogP) is 1.88. The molecule has 12 heteroatoms. The van der Waals surface area contributed by atoms with E-state index in [0.29, 0.717) is 17.1 Å². The molecule has 0 saturated heterocycles. The van der Waals surface area contributed by atoms with Gasteiger partial charge >= 0.3 is 5.69 Å². The molecule has 0 saturated carbocycles. The monoisotopic (exact) mass is 409 g/mol. The molecule has 0 unspecified atom stereocenters. The van der Waals surface area contributed by atoms with E-state index in [2.05, 4.69) is 31.1 Å². The molecule has 4 rings (SSSR count). The lowest BCUT2D eigenvalue weighted by Crippen LogP contribution is -2.30. The Balaban J connectivity index is 1.48. The summed E-state index contributed by atoms with van der Waals surface area (Å²) in [6.07, 6.45) is 4.07. The number of nitrogens with one attached hydrogen (secondary N) is 3. The van der Waals surface area contributed by atoms with E-state index in [1.807, 2.05) is 6.07 Å². The molecule has 152 valence electrons. The minimum atomic E-state index is -0.636. The summed E-state index contributed by atoms with van der Waals surface area (Å²) in [5.41, 5.74) is 5.58. The molecule has 3 aromatic rings. The molecule has 1 aliphatic heterocycles. The first kappa shape index (κ1) is 18.9. The molecule has 0 bridgehead atoms. The van der Waals surface area contributed by atoms with E-state index in [4.69, 9.17) is 9.47 Å². The van der Waals surface area contributed by atoms with Gasteiger partial charge in [0.25, 0.3) is 5.91 Å². The Kier molecular flexibility index (Phi) is 5.19. The smallest absolute Gasteiger partial charge is 0.354 e. The third-order valence-corrected chi connectivity index (χ3v) is 4.14. The van der Waals surface area contributed by atoms with E-state index in [-0.39, 0.29) is 25.0 Å². The highest BCUT2D eigenvalue weighted by molar-refractivity contribution is 5.94. The number of ether oxygens (including phenoxy) is 2. The van der Waals surface area contributed by atoms with Crippen molar-refractivity contribution in [2.45, 2.75) is 6.54 Å². The highest BCUT2D eigenvalue weighted by Crippen LogP contribution is 2.33. The third kappa shape index (κ3) is 4.01. The number of aromatic nitrogens is 3. The van der Waals surface area contributed by atoms with Gasteiger partial charge in [0.1, 0.15) is 6.33 Å². The van der Waals surface area contributed by atoms with Crippen molar-refractivity contribution in [1.29, 1.82) is 0 Å². The van der Waals surface area contributed by atoms with Crippen LogP contribution in [-0.2, 0) is 6.54 Å². The van der Waals surface area contributed by atoms with Gasteiger partial charge in [-0.25, -0.2) is 9.97 Å². The van der Waals surface area contributed by atoms with Crippen LogP contribution < -0.4 is 25.6 Å². The molecule has 2 aromatic heterocycles. The van der Waals surface area contributed by atoms with Crippen LogP contribution in [0.4, 0.5) is 17.3 Å². The number of rotatable bonds is 7. The van der Waals surface area contributed by atoms with Gasteiger partial charge in [0, 0.05) is 24.5 Å². The van der Waals surface area contributed by atoms with Crippen molar-refractivity contribution >= 4 is 23.2 Å². The van der Waals surface area contributed by atoms with Gasteiger partial charge in [0.05, 0.1) is 4.92 Å². The van der Waals surface area contributed by atoms with E-state index < -0.39 is 16.5 Å². The summed E-state index contributed by atoms with van der Waals surface area (Å²) in [5, 5.41) is 14.5. The molecule has 12 nitrogen and oxygen atoms in total. The van der Waals surface area contributed by atoms with Gasteiger partial charge in [0.2, 0.25) is 18.4 Å². The molecule has 0 aliphatic carbocycles. The summed E-state index contributed by atoms with van der Waals surface area (Å²) >= 11 is 0. The van der Waals surface area contributed by atoms with Crippen molar-refractivity contribution in [3.63, 3.8) is 0 Å². The second kappa shape index (κ2) is 8.26. The average Bonchev–Trinajstić information content (AvgIpc) is 3.24. The number of amides is 1. The number of anilines is 2. The normalized spacial score (nSPS) is 11.6. The Morgan fingerprint density at radius 1 is 1.10 bits per heavy atom. The molecule has 0 fully saturated rings. The second-order valence-electron chi connectivity index (χ2n) is 6.03. The van der Waals surface area contributed by atoms with Crippen molar-refractivity contribution < 1.29 is 19.2 Å². The number of benzene rings is 1. The lowest BCUT2D eigenvalue weighted by Gasteiger charge is -2.11. The first-order valence-corrected chi connectivity index (χ1v) is 8.70. The zero-order chi connectivity index (χ0) is 20.9. The topological polar surface area (TPSA) is 153 Å². The van der Waals surface area contributed by atoms with E-state index in [1.54, 1.807) is 12.1 Å². The van der Waals surface area contributed by atoms with Gasteiger partial charge < -0.3 is 14.8 Å². The molecule has 0 radical (unpaired) electrons. The number of nitro groups is 1. The van der Waals surface area contributed by atoms with Crippen LogP contribution in [0.15, 0.2) is 49.1 Å². The fraction of sp³-hybridized carbons (Fsp3) is 0.111. The maximum atomic E-state index is 12.1.